The molecular formula is C16H22BrNO2. The summed E-state index contributed by atoms with van der Waals surface area (Å²) in [5.41, 5.74) is 0.723. The Hall–Kier alpha value is -1.03. The average Bonchev–Trinajstić information content (AvgIpc) is 2.37. The number of hydrogen-bond acceptors (Lipinski definition) is 2. The van der Waals surface area contributed by atoms with Gasteiger partial charge in [0, 0.05) is 11.0 Å². The van der Waals surface area contributed by atoms with Crippen molar-refractivity contribution in [3.8, 4) is 0 Å². The first-order chi connectivity index (χ1) is 9.37. The molecule has 110 valence electrons. The molecule has 1 saturated heterocycles. The predicted octanol–water partition coefficient (Wildman–Crippen LogP) is 4.91. The molecule has 1 aromatic rings. The molecule has 1 aliphatic rings. The van der Waals surface area contributed by atoms with Gasteiger partial charge in [-0.05, 0) is 57.7 Å². The number of piperidine rings is 1. The zero-order valence-corrected chi connectivity index (χ0v) is 13.9. The second-order valence-electron chi connectivity index (χ2n) is 6.24. The maximum Gasteiger partial charge on any atom is 0.410 e. The Bertz CT molecular complexity index is 482. The maximum atomic E-state index is 12.4. The summed E-state index contributed by atoms with van der Waals surface area (Å²) in [7, 11) is 0. The summed E-state index contributed by atoms with van der Waals surface area (Å²) < 4.78 is 6.58. The molecule has 1 amide bonds. The third-order valence-corrected chi connectivity index (χ3v) is 3.86. The van der Waals surface area contributed by atoms with Crippen LogP contribution in [-0.2, 0) is 4.74 Å². The monoisotopic (exact) mass is 339 g/mol. The van der Waals surface area contributed by atoms with Crippen molar-refractivity contribution < 1.29 is 9.53 Å². The first-order valence-electron chi connectivity index (χ1n) is 7.12. The summed E-state index contributed by atoms with van der Waals surface area (Å²) in [6.45, 7) is 6.49. The number of amides is 1. The maximum absolute atomic E-state index is 12.4. The van der Waals surface area contributed by atoms with Gasteiger partial charge in [0.2, 0.25) is 0 Å². The van der Waals surface area contributed by atoms with E-state index in [0.717, 1.165) is 30.3 Å². The van der Waals surface area contributed by atoms with E-state index >= 15 is 0 Å². The average molecular weight is 340 g/mol. The number of carbonyl (C=O) groups is 1. The molecule has 0 aliphatic carbocycles. The Kier molecular flexibility index (Phi) is 4.74. The van der Waals surface area contributed by atoms with Gasteiger partial charge in [0.1, 0.15) is 5.60 Å². The van der Waals surface area contributed by atoms with Crippen LogP contribution in [0, 0.1) is 0 Å². The Morgan fingerprint density at radius 2 is 2.10 bits per heavy atom. The second-order valence-corrected chi connectivity index (χ2v) is 7.16. The van der Waals surface area contributed by atoms with Crippen LogP contribution in [-0.4, -0.2) is 23.1 Å². The number of hydrogen-bond donors (Lipinski definition) is 0. The van der Waals surface area contributed by atoms with Crippen LogP contribution < -0.4 is 0 Å². The molecule has 2 rings (SSSR count). The highest BCUT2D eigenvalue weighted by Gasteiger charge is 2.31. The number of nitrogens with zero attached hydrogens (tertiary/aromatic N) is 1. The third kappa shape index (κ3) is 3.98. The minimum atomic E-state index is -0.448. The highest BCUT2D eigenvalue weighted by molar-refractivity contribution is 9.10. The fourth-order valence-electron chi connectivity index (χ4n) is 2.53. The molecule has 1 unspecified atom stereocenters. The molecule has 1 aliphatic heterocycles. The fourth-order valence-corrected chi connectivity index (χ4v) is 2.95. The van der Waals surface area contributed by atoms with Gasteiger partial charge in [0.05, 0.1) is 6.04 Å². The molecule has 20 heavy (non-hydrogen) atoms. The smallest absolute Gasteiger partial charge is 0.410 e. The van der Waals surface area contributed by atoms with Crippen LogP contribution in [0.15, 0.2) is 28.7 Å². The van der Waals surface area contributed by atoms with E-state index in [4.69, 9.17) is 4.74 Å². The van der Waals surface area contributed by atoms with Gasteiger partial charge >= 0.3 is 6.09 Å². The van der Waals surface area contributed by atoms with Crippen LogP contribution in [0.5, 0.6) is 0 Å². The molecule has 1 fully saturated rings. The van der Waals surface area contributed by atoms with E-state index in [1.807, 2.05) is 37.8 Å². The van der Waals surface area contributed by atoms with E-state index in [9.17, 15) is 4.79 Å². The van der Waals surface area contributed by atoms with E-state index in [1.165, 1.54) is 5.56 Å². The Labute approximate surface area is 129 Å². The Morgan fingerprint density at radius 1 is 1.35 bits per heavy atom. The molecule has 0 spiro atoms. The summed E-state index contributed by atoms with van der Waals surface area (Å²) in [4.78, 5) is 14.2. The molecule has 3 nitrogen and oxygen atoms in total. The van der Waals surface area contributed by atoms with Crippen molar-refractivity contribution >= 4 is 22.0 Å². The quantitative estimate of drug-likeness (QED) is 0.727. The van der Waals surface area contributed by atoms with E-state index in [-0.39, 0.29) is 12.1 Å². The second kappa shape index (κ2) is 6.17. The van der Waals surface area contributed by atoms with E-state index in [0.29, 0.717) is 0 Å². The summed E-state index contributed by atoms with van der Waals surface area (Å²) in [6.07, 6.45) is 2.98. The topological polar surface area (TPSA) is 29.5 Å². The van der Waals surface area contributed by atoms with Crippen molar-refractivity contribution in [1.29, 1.82) is 0 Å². The van der Waals surface area contributed by atoms with E-state index in [1.54, 1.807) is 0 Å². The lowest BCUT2D eigenvalue weighted by Gasteiger charge is -2.37. The van der Waals surface area contributed by atoms with Gasteiger partial charge in [-0.15, -0.1) is 0 Å². The highest BCUT2D eigenvalue weighted by Crippen LogP contribution is 2.33. The number of halogens is 1. The van der Waals surface area contributed by atoms with Crippen LogP contribution in [0.3, 0.4) is 0 Å². The van der Waals surface area contributed by atoms with Crippen molar-refractivity contribution in [2.75, 3.05) is 6.54 Å². The number of rotatable bonds is 1. The molecule has 0 N–H and O–H groups in total. The van der Waals surface area contributed by atoms with Crippen LogP contribution in [0.4, 0.5) is 4.79 Å². The standard InChI is InChI=1S/C16H22BrNO2/c1-16(2,3)20-15(19)18-10-5-4-9-14(18)12-7-6-8-13(17)11-12/h6-8,11,14H,4-5,9-10H2,1-3H3. The zero-order chi connectivity index (χ0) is 14.8. The van der Waals surface area contributed by atoms with E-state index < -0.39 is 5.60 Å². The lowest BCUT2D eigenvalue weighted by Crippen LogP contribution is -2.41. The first-order valence-corrected chi connectivity index (χ1v) is 7.91. The molecule has 0 bridgehead atoms. The Morgan fingerprint density at radius 3 is 2.75 bits per heavy atom. The molecule has 1 heterocycles. The summed E-state index contributed by atoms with van der Waals surface area (Å²) in [6, 6.07) is 8.31. The van der Waals surface area contributed by atoms with Gasteiger partial charge < -0.3 is 9.64 Å². The number of benzene rings is 1. The van der Waals surface area contributed by atoms with Crippen molar-refractivity contribution in [2.45, 2.75) is 51.7 Å². The summed E-state index contributed by atoms with van der Waals surface area (Å²) in [5.74, 6) is 0. The Balaban J connectivity index is 2.19. The highest BCUT2D eigenvalue weighted by atomic mass is 79.9. The van der Waals surface area contributed by atoms with E-state index in [2.05, 4.69) is 28.1 Å². The van der Waals surface area contributed by atoms with Crippen molar-refractivity contribution in [3.05, 3.63) is 34.3 Å². The van der Waals surface area contributed by atoms with Gasteiger partial charge in [-0.3, -0.25) is 0 Å². The summed E-state index contributed by atoms with van der Waals surface area (Å²) >= 11 is 3.50. The zero-order valence-electron chi connectivity index (χ0n) is 12.4. The van der Waals surface area contributed by atoms with Gasteiger partial charge in [0.15, 0.2) is 0 Å². The van der Waals surface area contributed by atoms with Crippen molar-refractivity contribution in [2.24, 2.45) is 0 Å². The number of ether oxygens (including phenoxy) is 1. The molecule has 0 aromatic heterocycles. The molecule has 1 aromatic carbocycles. The van der Waals surface area contributed by atoms with Gasteiger partial charge in [-0.2, -0.15) is 0 Å². The van der Waals surface area contributed by atoms with Crippen LogP contribution in [0.2, 0.25) is 0 Å². The molecule has 1 atom stereocenters. The van der Waals surface area contributed by atoms with Crippen LogP contribution in [0.25, 0.3) is 0 Å². The number of carbonyl (C=O) groups excluding carboxylic acids is 1. The number of likely N-dealkylation sites (tertiary alicyclic amines) is 1. The van der Waals surface area contributed by atoms with Crippen LogP contribution >= 0.6 is 15.9 Å². The molecule has 4 heteroatoms. The largest absolute Gasteiger partial charge is 0.444 e. The summed E-state index contributed by atoms with van der Waals surface area (Å²) in [5, 5.41) is 0. The third-order valence-electron chi connectivity index (χ3n) is 3.36. The predicted molar refractivity (Wildman–Crippen MR) is 83.7 cm³/mol. The van der Waals surface area contributed by atoms with Gasteiger partial charge in [0.25, 0.3) is 0 Å². The molecule has 0 saturated carbocycles. The molecular weight excluding hydrogens is 318 g/mol. The SMILES string of the molecule is CC(C)(C)OC(=O)N1CCCCC1c1cccc(Br)c1. The first kappa shape index (κ1) is 15.4. The van der Waals surface area contributed by atoms with Crippen LogP contribution in [0.1, 0.15) is 51.6 Å². The minimum Gasteiger partial charge on any atom is -0.444 e. The van der Waals surface area contributed by atoms with Gasteiger partial charge in [-0.25, -0.2) is 4.79 Å². The minimum absolute atomic E-state index is 0.121. The lowest BCUT2D eigenvalue weighted by atomic mass is 9.96. The fraction of sp³-hybridized carbons (Fsp3) is 0.562. The molecule has 0 radical (unpaired) electrons. The lowest BCUT2D eigenvalue weighted by molar-refractivity contribution is 0.00951. The van der Waals surface area contributed by atoms with Crippen molar-refractivity contribution in [3.63, 3.8) is 0 Å². The normalized spacial score (nSPS) is 19.8. The van der Waals surface area contributed by atoms with Gasteiger partial charge in [-0.1, -0.05) is 28.1 Å². The van der Waals surface area contributed by atoms with Crippen molar-refractivity contribution in [1.82, 2.24) is 4.90 Å².